The van der Waals surface area contributed by atoms with Gasteiger partial charge in [0, 0.05) is 23.1 Å². The summed E-state index contributed by atoms with van der Waals surface area (Å²) >= 11 is 13.8. The first-order chi connectivity index (χ1) is 12.1. The molecule has 0 aliphatic carbocycles. The smallest absolute Gasteiger partial charge is 0.152 e. The van der Waals surface area contributed by atoms with Crippen molar-refractivity contribution < 1.29 is 5.11 Å². The van der Waals surface area contributed by atoms with E-state index < -0.39 is 0 Å². The van der Waals surface area contributed by atoms with Crippen molar-refractivity contribution in [3.8, 4) is 6.07 Å². The summed E-state index contributed by atoms with van der Waals surface area (Å²) in [7, 11) is 0. The van der Waals surface area contributed by atoms with Gasteiger partial charge in [-0.1, -0.05) is 48.7 Å². The molecular weight excluding hydrogens is 377 g/mol. The van der Waals surface area contributed by atoms with E-state index in [1.165, 1.54) is 11.3 Å². The first-order valence-corrected chi connectivity index (χ1v) is 9.61. The van der Waals surface area contributed by atoms with Gasteiger partial charge in [-0.15, -0.1) is 11.3 Å². The molecule has 0 radical (unpaired) electrons. The number of halogens is 2. The van der Waals surface area contributed by atoms with E-state index in [-0.39, 0.29) is 6.61 Å². The fourth-order valence-electron chi connectivity index (χ4n) is 2.83. The average Bonchev–Trinajstić information content (AvgIpc) is 3.09. The topological polar surface area (TPSA) is 61.8 Å². The summed E-state index contributed by atoms with van der Waals surface area (Å²) in [5, 5.41) is 20.6. The number of aliphatic hydroxyl groups excluding tert-OH is 1. The number of fused-ring (bicyclic) bond motifs is 1. The third-order valence-corrected chi connectivity index (χ3v) is 6.01. The van der Waals surface area contributed by atoms with Gasteiger partial charge in [0.05, 0.1) is 17.3 Å². The average molecular weight is 394 g/mol. The Hall–Kier alpha value is -1.58. The Kier molecular flexibility index (Phi) is 5.65. The second kappa shape index (κ2) is 7.76. The molecule has 0 amide bonds. The number of hydrogen-bond donors (Lipinski definition) is 1. The molecule has 0 saturated carbocycles. The number of nitrogens with zero attached hydrogens (tertiary/aromatic N) is 3. The van der Waals surface area contributed by atoms with E-state index in [1.54, 1.807) is 0 Å². The largest absolute Gasteiger partial charge is 0.390 e. The Bertz CT molecular complexity index is 956. The van der Waals surface area contributed by atoms with Gasteiger partial charge in [0.25, 0.3) is 0 Å². The Morgan fingerprint density at radius 3 is 2.84 bits per heavy atom. The highest BCUT2D eigenvalue weighted by molar-refractivity contribution is 7.20. The van der Waals surface area contributed by atoms with Crippen LogP contribution < -0.4 is 0 Å². The fraction of sp³-hybridized carbons (Fsp3) is 0.333. The molecule has 0 spiro atoms. The minimum absolute atomic E-state index is 0.149. The predicted octanol–water partition coefficient (Wildman–Crippen LogP) is 5.16. The van der Waals surface area contributed by atoms with E-state index >= 15 is 0 Å². The molecule has 2 aromatic heterocycles. The van der Waals surface area contributed by atoms with Crippen molar-refractivity contribution in [3.05, 3.63) is 50.3 Å². The number of aliphatic hydroxyl groups is 1. The maximum atomic E-state index is 9.66. The quantitative estimate of drug-likeness (QED) is 0.628. The first-order valence-electron chi connectivity index (χ1n) is 8.04. The van der Waals surface area contributed by atoms with Crippen molar-refractivity contribution in [2.24, 2.45) is 0 Å². The van der Waals surface area contributed by atoms with E-state index in [0.717, 1.165) is 40.7 Å². The van der Waals surface area contributed by atoms with Crippen molar-refractivity contribution in [2.45, 2.75) is 39.3 Å². The molecule has 25 heavy (non-hydrogen) atoms. The molecule has 0 saturated heterocycles. The molecule has 1 aromatic carbocycles. The van der Waals surface area contributed by atoms with Crippen LogP contribution in [0.5, 0.6) is 0 Å². The van der Waals surface area contributed by atoms with Crippen LogP contribution in [0.25, 0.3) is 10.1 Å². The van der Waals surface area contributed by atoms with Crippen molar-refractivity contribution in [1.82, 2.24) is 9.55 Å². The summed E-state index contributed by atoms with van der Waals surface area (Å²) in [5.74, 6) is 0.887. The summed E-state index contributed by atoms with van der Waals surface area (Å²) in [6.45, 7) is 2.55. The molecule has 0 atom stereocenters. The number of hydrogen-bond acceptors (Lipinski definition) is 4. The lowest BCUT2D eigenvalue weighted by atomic mass is 10.1. The second-order valence-corrected chi connectivity index (χ2v) is 7.59. The van der Waals surface area contributed by atoms with Crippen LogP contribution in [0.3, 0.4) is 0 Å². The third-order valence-electron chi connectivity index (χ3n) is 4.14. The van der Waals surface area contributed by atoms with Crippen LogP contribution in [0.4, 0.5) is 0 Å². The van der Waals surface area contributed by atoms with E-state index in [4.69, 9.17) is 28.5 Å². The van der Waals surface area contributed by atoms with Crippen molar-refractivity contribution >= 4 is 44.6 Å². The minimum Gasteiger partial charge on any atom is -0.390 e. The van der Waals surface area contributed by atoms with Crippen LogP contribution in [0, 0.1) is 11.3 Å². The molecular formula is C18H17Cl2N3OS. The van der Waals surface area contributed by atoms with Gasteiger partial charge in [0.2, 0.25) is 0 Å². The number of imidazole rings is 1. The van der Waals surface area contributed by atoms with E-state index in [2.05, 4.69) is 18.0 Å². The van der Waals surface area contributed by atoms with Crippen LogP contribution in [0.1, 0.15) is 41.7 Å². The van der Waals surface area contributed by atoms with Gasteiger partial charge in [-0.2, -0.15) is 5.26 Å². The minimum atomic E-state index is -0.149. The van der Waals surface area contributed by atoms with E-state index in [0.29, 0.717) is 27.3 Å². The number of thiophene rings is 1. The summed E-state index contributed by atoms with van der Waals surface area (Å²) in [5.41, 5.74) is 1.69. The fourth-order valence-corrected chi connectivity index (χ4v) is 4.42. The van der Waals surface area contributed by atoms with E-state index in [9.17, 15) is 5.11 Å². The molecule has 2 heterocycles. The normalized spacial score (nSPS) is 11.2. The van der Waals surface area contributed by atoms with Gasteiger partial charge >= 0.3 is 0 Å². The van der Waals surface area contributed by atoms with Crippen LogP contribution in [0.15, 0.2) is 18.2 Å². The molecule has 130 valence electrons. The summed E-state index contributed by atoms with van der Waals surface area (Å²) in [4.78, 5) is 4.94. The molecule has 3 aromatic rings. The van der Waals surface area contributed by atoms with Crippen LogP contribution in [-0.2, 0) is 19.6 Å². The lowest BCUT2D eigenvalue weighted by Crippen LogP contribution is -2.09. The van der Waals surface area contributed by atoms with Crippen molar-refractivity contribution in [3.63, 3.8) is 0 Å². The lowest BCUT2D eigenvalue weighted by Gasteiger charge is -2.11. The summed E-state index contributed by atoms with van der Waals surface area (Å²) in [6.07, 6.45) is 2.90. The Balaban J connectivity index is 1.99. The molecule has 0 aliphatic heterocycles. The molecule has 0 aliphatic rings. The standard InChI is InChI=1S/C18H17Cl2N3OS/c1-2-3-4-16-22-18(20)13(10-24)23(16)9-11-5-6-12-14(7-11)25-15(8-21)17(12)19/h5-7,24H,2-4,9-10H2,1H3. The number of rotatable bonds is 6. The Morgan fingerprint density at radius 1 is 1.36 bits per heavy atom. The van der Waals surface area contributed by atoms with Crippen molar-refractivity contribution in [2.75, 3.05) is 0 Å². The summed E-state index contributed by atoms with van der Waals surface area (Å²) < 4.78 is 2.96. The molecule has 3 rings (SSSR count). The highest BCUT2D eigenvalue weighted by Gasteiger charge is 2.16. The molecule has 0 bridgehead atoms. The maximum absolute atomic E-state index is 9.66. The predicted molar refractivity (Wildman–Crippen MR) is 102 cm³/mol. The van der Waals surface area contributed by atoms with Crippen LogP contribution in [-0.4, -0.2) is 14.7 Å². The van der Waals surface area contributed by atoms with Gasteiger partial charge in [-0.05, 0) is 18.1 Å². The second-order valence-electron chi connectivity index (χ2n) is 5.80. The van der Waals surface area contributed by atoms with Crippen LogP contribution in [0.2, 0.25) is 10.2 Å². The number of benzene rings is 1. The zero-order chi connectivity index (χ0) is 18.0. The molecule has 0 unspecified atom stereocenters. The van der Waals surface area contributed by atoms with Gasteiger partial charge in [-0.25, -0.2) is 4.98 Å². The monoisotopic (exact) mass is 393 g/mol. The third kappa shape index (κ3) is 3.54. The zero-order valence-electron chi connectivity index (χ0n) is 13.7. The molecule has 0 fully saturated rings. The maximum Gasteiger partial charge on any atom is 0.152 e. The van der Waals surface area contributed by atoms with Crippen LogP contribution >= 0.6 is 34.5 Å². The lowest BCUT2D eigenvalue weighted by molar-refractivity contribution is 0.271. The van der Waals surface area contributed by atoms with Crippen molar-refractivity contribution in [1.29, 1.82) is 5.26 Å². The van der Waals surface area contributed by atoms with Gasteiger partial charge in [0.15, 0.2) is 5.15 Å². The number of aromatic nitrogens is 2. The first kappa shape index (κ1) is 18.2. The molecule has 4 nitrogen and oxygen atoms in total. The van der Waals surface area contributed by atoms with Gasteiger partial charge in [-0.3, -0.25) is 0 Å². The number of unbranched alkanes of at least 4 members (excludes halogenated alkanes) is 1. The number of nitriles is 1. The van der Waals surface area contributed by atoms with Gasteiger partial charge in [0.1, 0.15) is 16.8 Å². The Morgan fingerprint density at radius 2 is 2.16 bits per heavy atom. The van der Waals surface area contributed by atoms with Gasteiger partial charge < -0.3 is 9.67 Å². The molecule has 1 N–H and O–H groups in total. The highest BCUT2D eigenvalue weighted by atomic mass is 35.5. The highest BCUT2D eigenvalue weighted by Crippen LogP contribution is 2.35. The summed E-state index contributed by atoms with van der Waals surface area (Å²) in [6, 6.07) is 8.09. The number of aryl methyl sites for hydroxylation is 1. The zero-order valence-corrected chi connectivity index (χ0v) is 16.0. The molecule has 7 heteroatoms. The Labute approximate surface area is 160 Å². The SMILES string of the molecule is CCCCc1nc(Cl)c(CO)n1Cc1ccc2c(Cl)c(C#N)sc2c1. The van der Waals surface area contributed by atoms with E-state index in [1.807, 2.05) is 22.8 Å².